The molecule has 0 fully saturated rings. The molecule has 0 radical (unpaired) electrons. The molecule has 0 unspecified atom stereocenters. The fraction of sp³-hybridized carbons (Fsp3) is 0.278. The molecular formula is C18H18F3NO2. The van der Waals surface area contributed by atoms with Crippen LogP contribution in [0.25, 0.3) is 0 Å². The Kier molecular flexibility index (Phi) is 5.29. The third-order valence-electron chi connectivity index (χ3n) is 3.78. The lowest BCUT2D eigenvalue weighted by Crippen LogP contribution is -2.40. The first kappa shape index (κ1) is 18.0. The second-order valence-electron chi connectivity index (χ2n) is 5.87. The zero-order valence-electron chi connectivity index (χ0n) is 13.4. The van der Waals surface area contributed by atoms with E-state index in [9.17, 15) is 18.0 Å². The lowest BCUT2D eigenvalue weighted by molar-refractivity contribution is -0.142. The fourth-order valence-corrected chi connectivity index (χ4v) is 2.22. The van der Waals surface area contributed by atoms with Crippen molar-refractivity contribution in [2.24, 2.45) is 0 Å². The molecule has 0 heterocycles. The van der Waals surface area contributed by atoms with Gasteiger partial charge in [-0.3, -0.25) is 9.63 Å². The summed E-state index contributed by atoms with van der Waals surface area (Å²) in [7, 11) is 0. The fourth-order valence-electron chi connectivity index (χ4n) is 2.22. The summed E-state index contributed by atoms with van der Waals surface area (Å²) in [6, 6.07) is 14.2. The third-order valence-corrected chi connectivity index (χ3v) is 3.78. The van der Waals surface area contributed by atoms with Crippen molar-refractivity contribution in [3.63, 3.8) is 0 Å². The SMILES string of the molecule is CC(C)(C(=O)NOCc1ccccc1C(F)(F)F)c1ccccc1. The Balaban J connectivity index is 2.01. The van der Waals surface area contributed by atoms with Crippen LogP contribution in [0.1, 0.15) is 30.5 Å². The van der Waals surface area contributed by atoms with E-state index in [0.717, 1.165) is 11.6 Å². The van der Waals surface area contributed by atoms with Gasteiger partial charge in [-0.15, -0.1) is 0 Å². The minimum absolute atomic E-state index is 0.0391. The lowest BCUT2D eigenvalue weighted by atomic mass is 9.84. The van der Waals surface area contributed by atoms with Crippen LogP contribution in [-0.4, -0.2) is 5.91 Å². The second kappa shape index (κ2) is 7.05. The number of nitrogens with one attached hydrogen (secondary N) is 1. The van der Waals surface area contributed by atoms with Crippen LogP contribution >= 0.6 is 0 Å². The van der Waals surface area contributed by atoms with Gasteiger partial charge in [0.05, 0.1) is 11.0 Å². The molecule has 0 aromatic heterocycles. The van der Waals surface area contributed by atoms with Crippen LogP contribution in [0.15, 0.2) is 54.6 Å². The Labute approximate surface area is 138 Å². The average molecular weight is 337 g/mol. The molecular weight excluding hydrogens is 319 g/mol. The van der Waals surface area contributed by atoms with Crippen molar-refractivity contribution >= 4 is 5.91 Å². The van der Waals surface area contributed by atoms with Gasteiger partial charge in [0.2, 0.25) is 0 Å². The van der Waals surface area contributed by atoms with Gasteiger partial charge in [0.1, 0.15) is 6.61 Å². The normalized spacial score (nSPS) is 12.0. The van der Waals surface area contributed by atoms with Gasteiger partial charge in [0.15, 0.2) is 0 Å². The van der Waals surface area contributed by atoms with E-state index in [4.69, 9.17) is 4.84 Å². The van der Waals surface area contributed by atoms with Gasteiger partial charge in [0.25, 0.3) is 5.91 Å². The van der Waals surface area contributed by atoms with Crippen molar-refractivity contribution in [3.05, 3.63) is 71.3 Å². The molecule has 1 N–H and O–H groups in total. The summed E-state index contributed by atoms with van der Waals surface area (Å²) >= 11 is 0. The van der Waals surface area contributed by atoms with E-state index in [-0.39, 0.29) is 12.2 Å². The van der Waals surface area contributed by atoms with E-state index < -0.39 is 23.1 Å². The van der Waals surface area contributed by atoms with Gasteiger partial charge >= 0.3 is 6.18 Å². The monoisotopic (exact) mass is 337 g/mol. The first-order chi connectivity index (χ1) is 11.2. The maximum atomic E-state index is 12.9. The number of alkyl halides is 3. The molecule has 0 aliphatic carbocycles. The van der Waals surface area contributed by atoms with Crippen LogP contribution in [-0.2, 0) is 27.8 Å². The predicted molar refractivity (Wildman–Crippen MR) is 83.8 cm³/mol. The Morgan fingerprint density at radius 3 is 2.21 bits per heavy atom. The number of benzene rings is 2. The van der Waals surface area contributed by atoms with Crippen LogP contribution in [0.5, 0.6) is 0 Å². The van der Waals surface area contributed by atoms with E-state index in [0.29, 0.717) is 0 Å². The molecule has 0 saturated carbocycles. The summed E-state index contributed by atoms with van der Waals surface area (Å²) in [4.78, 5) is 17.3. The molecule has 6 heteroatoms. The van der Waals surface area contributed by atoms with Gasteiger partial charge < -0.3 is 0 Å². The smallest absolute Gasteiger partial charge is 0.272 e. The van der Waals surface area contributed by atoms with Crippen molar-refractivity contribution in [2.75, 3.05) is 0 Å². The highest BCUT2D eigenvalue weighted by atomic mass is 19.4. The first-order valence-corrected chi connectivity index (χ1v) is 7.36. The quantitative estimate of drug-likeness (QED) is 0.829. The maximum absolute atomic E-state index is 12.9. The zero-order valence-corrected chi connectivity index (χ0v) is 13.4. The standard InChI is InChI=1S/C18H18F3NO2/c1-17(2,14-9-4-3-5-10-14)16(23)22-24-12-13-8-6-7-11-15(13)18(19,20)21/h3-11H,12H2,1-2H3,(H,22,23). The molecule has 3 nitrogen and oxygen atoms in total. The van der Waals surface area contributed by atoms with Gasteiger partial charge in [0, 0.05) is 0 Å². The second-order valence-corrected chi connectivity index (χ2v) is 5.87. The Morgan fingerprint density at radius 2 is 1.58 bits per heavy atom. The Hall–Kier alpha value is -2.34. The number of hydrogen-bond acceptors (Lipinski definition) is 2. The number of hydrogen-bond donors (Lipinski definition) is 1. The molecule has 0 atom stereocenters. The van der Waals surface area contributed by atoms with Crippen LogP contribution in [0.3, 0.4) is 0 Å². The van der Waals surface area contributed by atoms with E-state index in [1.807, 2.05) is 18.2 Å². The van der Waals surface area contributed by atoms with Gasteiger partial charge in [-0.2, -0.15) is 13.2 Å². The van der Waals surface area contributed by atoms with Crippen molar-refractivity contribution < 1.29 is 22.8 Å². The van der Waals surface area contributed by atoms with Crippen LogP contribution in [0, 0.1) is 0 Å². The molecule has 128 valence electrons. The van der Waals surface area contributed by atoms with E-state index in [2.05, 4.69) is 5.48 Å². The highest BCUT2D eigenvalue weighted by Gasteiger charge is 2.33. The summed E-state index contributed by atoms with van der Waals surface area (Å²) in [5.74, 6) is -0.432. The molecule has 0 aliphatic heterocycles. The molecule has 2 rings (SSSR count). The summed E-state index contributed by atoms with van der Waals surface area (Å²) in [6.45, 7) is 3.06. The largest absolute Gasteiger partial charge is 0.416 e. The number of halogens is 3. The molecule has 0 saturated heterocycles. The topological polar surface area (TPSA) is 38.3 Å². The highest BCUT2D eigenvalue weighted by molar-refractivity contribution is 5.86. The van der Waals surface area contributed by atoms with Gasteiger partial charge in [-0.1, -0.05) is 48.5 Å². The Morgan fingerprint density at radius 1 is 1.00 bits per heavy atom. The number of hydroxylamine groups is 1. The number of rotatable bonds is 5. The van der Waals surface area contributed by atoms with Crippen molar-refractivity contribution in [1.82, 2.24) is 5.48 Å². The Bertz CT molecular complexity index is 697. The molecule has 2 aromatic carbocycles. The van der Waals surface area contributed by atoms with Crippen LogP contribution in [0.2, 0.25) is 0 Å². The molecule has 24 heavy (non-hydrogen) atoms. The minimum Gasteiger partial charge on any atom is -0.272 e. The molecule has 0 aliphatic rings. The molecule has 1 amide bonds. The van der Waals surface area contributed by atoms with E-state index in [1.54, 1.807) is 26.0 Å². The summed E-state index contributed by atoms with van der Waals surface area (Å²) < 4.78 is 38.7. The zero-order chi connectivity index (χ0) is 17.8. The summed E-state index contributed by atoms with van der Waals surface area (Å²) in [5, 5.41) is 0. The van der Waals surface area contributed by atoms with Crippen molar-refractivity contribution in [1.29, 1.82) is 0 Å². The molecule has 0 spiro atoms. The molecule has 2 aromatic rings. The van der Waals surface area contributed by atoms with Gasteiger partial charge in [-0.25, -0.2) is 5.48 Å². The minimum atomic E-state index is -4.47. The number of amides is 1. The predicted octanol–water partition coefficient (Wildman–Crippen LogP) is 4.23. The summed E-state index contributed by atoms with van der Waals surface area (Å²) in [6.07, 6.45) is -4.47. The molecule has 0 bridgehead atoms. The number of carbonyl (C=O) groups excluding carboxylic acids is 1. The highest BCUT2D eigenvalue weighted by Crippen LogP contribution is 2.32. The van der Waals surface area contributed by atoms with E-state index in [1.165, 1.54) is 18.2 Å². The van der Waals surface area contributed by atoms with E-state index >= 15 is 0 Å². The van der Waals surface area contributed by atoms with Gasteiger partial charge in [-0.05, 0) is 31.0 Å². The first-order valence-electron chi connectivity index (χ1n) is 7.36. The van der Waals surface area contributed by atoms with Crippen LogP contribution in [0.4, 0.5) is 13.2 Å². The van der Waals surface area contributed by atoms with Crippen molar-refractivity contribution in [2.45, 2.75) is 32.0 Å². The average Bonchev–Trinajstić information content (AvgIpc) is 2.55. The number of carbonyl (C=O) groups is 1. The van der Waals surface area contributed by atoms with Crippen molar-refractivity contribution in [3.8, 4) is 0 Å². The van der Waals surface area contributed by atoms with Crippen LogP contribution < -0.4 is 5.48 Å². The maximum Gasteiger partial charge on any atom is 0.416 e. The third kappa shape index (κ3) is 4.14. The lowest BCUT2D eigenvalue weighted by Gasteiger charge is -2.24. The summed E-state index contributed by atoms with van der Waals surface area (Å²) in [5.41, 5.74) is 1.34.